The van der Waals surface area contributed by atoms with Gasteiger partial charge in [-0.3, -0.25) is 0 Å². The van der Waals surface area contributed by atoms with E-state index in [4.69, 9.17) is 15.2 Å². The van der Waals surface area contributed by atoms with Crippen LogP contribution in [0.25, 0.3) is 0 Å². The Kier molecular flexibility index (Phi) is 4.35. The molecular weight excluding hydrogens is 244 g/mol. The van der Waals surface area contributed by atoms with Crippen molar-refractivity contribution in [2.75, 3.05) is 14.2 Å². The van der Waals surface area contributed by atoms with Gasteiger partial charge in [0.2, 0.25) is 0 Å². The molecule has 2 N–H and O–H groups in total. The Balaban J connectivity index is 2.14. The monoisotopic (exact) mass is 262 g/mol. The Morgan fingerprint density at radius 1 is 1.26 bits per heavy atom. The van der Waals surface area contributed by atoms with Gasteiger partial charge in [0.05, 0.1) is 20.8 Å². The number of methoxy groups -OCH3 is 2. The van der Waals surface area contributed by atoms with Crippen LogP contribution in [-0.2, 0) is 19.5 Å². The molecule has 0 amide bonds. The number of nitrogens with two attached hydrogens (primary N) is 1. The molecule has 0 saturated heterocycles. The summed E-state index contributed by atoms with van der Waals surface area (Å²) in [5.74, 6) is 2.45. The number of aromatic nitrogens is 3. The van der Waals surface area contributed by atoms with Crippen molar-refractivity contribution < 1.29 is 9.47 Å². The summed E-state index contributed by atoms with van der Waals surface area (Å²) in [5, 5.41) is 7.81. The van der Waals surface area contributed by atoms with Crippen molar-refractivity contribution >= 4 is 0 Å². The lowest BCUT2D eigenvalue weighted by molar-refractivity contribution is 0.397. The fourth-order valence-electron chi connectivity index (χ4n) is 1.94. The summed E-state index contributed by atoms with van der Waals surface area (Å²) in [6.07, 6.45) is 2.49. The molecule has 0 saturated carbocycles. The Morgan fingerprint density at radius 2 is 2.11 bits per heavy atom. The number of nitrogens with zero attached hydrogens (tertiary/aromatic N) is 3. The summed E-state index contributed by atoms with van der Waals surface area (Å²) >= 11 is 0. The van der Waals surface area contributed by atoms with E-state index < -0.39 is 0 Å². The number of aryl methyl sites for hydroxylation is 2. The maximum absolute atomic E-state index is 5.60. The summed E-state index contributed by atoms with van der Waals surface area (Å²) in [7, 11) is 3.31. The summed E-state index contributed by atoms with van der Waals surface area (Å²) in [4.78, 5) is 0. The third-order valence-corrected chi connectivity index (χ3v) is 2.99. The average Bonchev–Trinajstić information content (AvgIpc) is 2.92. The number of rotatable bonds is 6. The van der Waals surface area contributed by atoms with Crippen molar-refractivity contribution in [1.82, 2.24) is 14.8 Å². The van der Waals surface area contributed by atoms with E-state index in [-0.39, 0.29) is 0 Å². The topological polar surface area (TPSA) is 75.2 Å². The number of hydrogen-bond donors (Lipinski definition) is 1. The molecule has 2 aromatic rings. The molecule has 2 rings (SSSR count). The molecule has 1 heterocycles. The zero-order valence-corrected chi connectivity index (χ0v) is 11.2. The van der Waals surface area contributed by atoms with Crippen LogP contribution in [-0.4, -0.2) is 29.0 Å². The number of ether oxygens (including phenoxy) is 2. The molecule has 6 nitrogen and oxygen atoms in total. The van der Waals surface area contributed by atoms with Crippen LogP contribution in [0.2, 0.25) is 0 Å². The minimum Gasteiger partial charge on any atom is -0.497 e. The third kappa shape index (κ3) is 3.03. The van der Waals surface area contributed by atoms with Crippen LogP contribution in [0, 0.1) is 0 Å². The molecule has 6 heteroatoms. The zero-order chi connectivity index (χ0) is 13.7. The maximum Gasteiger partial charge on any atom is 0.146 e. The standard InChI is InChI=1S/C13H18N4O2/c1-18-11-3-4-12(19-2)10(7-11)5-6-17-9-15-16-13(17)8-14/h3-4,7,9H,5-6,8,14H2,1-2H3. The lowest BCUT2D eigenvalue weighted by Gasteiger charge is -2.11. The Hall–Kier alpha value is -2.08. The van der Waals surface area contributed by atoms with Crippen LogP contribution in [0.5, 0.6) is 11.5 Å². The van der Waals surface area contributed by atoms with Crippen LogP contribution in [0.15, 0.2) is 24.5 Å². The van der Waals surface area contributed by atoms with Crippen LogP contribution in [0.3, 0.4) is 0 Å². The van der Waals surface area contributed by atoms with Gasteiger partial charge in [-0.25, -0.2) is 0 Å². The molecule has 0 atom stereocenters. The summed E-state index contributed by atoms with van der Waals surface area (Å²) in [5.41, 5.74) is 6.68. The molecule has 0 spiro atoms. The summed E-state index contributed by atoms with van der Waals surface area (Å²) < 4.78 is 12.5. The van der Waals surface area contributed by atoms with Crippen LogP contribution in [0.1, 0.15) is 11.4 Å². The molecule has 0 radical (unpaired) electrons. The quantitative estimate of drug-likeness (QED) is 0.840. The fraction of sp³-hybridized carbons (Fsp3) is 0.385. The first-order valence-electron chi connectivity index (χ1n) is 6.06. The van der Waals surface area contributed by atoms with Crippen molar-refractivity contribution in [1.29, 1.82) is 0 Å². The predicted octanol–water partition coefficient (Wildman–Crippen LogP) is 0.997. The van der Waals surface area contributed by atoms with Crippen molar-refractivity contribution in [3.05, 3.63) is 35.9 Å². The largest absolute Gasteiger partial charge is 0.497 e. The maximum atomic E-state index is 5.60. The first-order valence-corrected chi connectivity index (χ1v) is 6.06. The Bertz CT molecular complexity index is 539. The molecule has 1 aromatic heterocycles. The molecular formula is C13H18N4O2. The number of hydrogen-bond acceptors (Lipinski definition) is 5. The van der Waals surface area contributed by atoms with E-state index >= 15 is 0 Å². The van der Waals surface area contributed by atoms with E-state index in [1.54, 1.807) is 20.5 Å². The minimum atomic E-state index is 0.384. The Labute approximate surface area is 112 Å². The lowest BCUT2D eigenvalue weighted by Crippen LogP contribution is -2.10. The third-order valence-electron chi connectivity index (χ3n) is 2.99. The van der Waals surface area contributed by atoms with Crippen LogP contribution >= 0.6 is 0 Å². The second kappa shape index (κ2) is 6.19. The lowest BCUT2D eigenvalue weighted by atomic mass is 10.1. The van der Waals surface area contributed by atoms with E-state index in [0.717, 1.165) is 35.9 Å². The molecule has 0 unspecified atom stereocenters. The fourth-order valence-corrected chi connectivity index (χ4v) is 1.94. The van der Waals surface area contributed by atoms with Gasteiger partial charge in [-0.2, -0.15) is 0 Å². The van der Waals surface area contributed by atoms with Gasteiger partial charge in [-0.15, -0.1) is 10.2 Å². The summed E-state index contributed by atoms with van der Waals surface area (Å²) in [6.45, 7) is 1.14. The molecule has 1 aromatic carbocycles. The summed E-state index contributed by atoms with van der Waals surface area (Å²) in [6, 6.07) is 5.77. The molecule has 102 valence electrons. The van der Waals surface area contributed by atoms with E-state index in [9.17, 15) is 0 Å². The first kappa shape index (κ1) is 13.4. The molecule has 19 heavy (non-hydrogen) atoms. The van der Waals surface area contributed by atoms with Crippen molar-refractivity contribution in [3.8, 4) is 11.5 Å². The normalized spacial score (nSPS) is 10.5. The highest BCUT2D eigenvalue weighted by Crippen LogP contribution is 2.24. The average molecular weight is 262 g/mol. The highest BCUT2D eigenvalue weighted by atomic mass is 16.5. The highest BCUT2D eigenvalue weighted by Gasteiger charge is 2.07. The van der Waals surface area contributed by atoms with Gasteiger partial charge in [0.1, 0.15) is 23.7 Å². The molecule has 0 aliphatic heterocycles. The van der Waals surface area contributed by atoms with Gasteiger partial charge < -0.3 is 19.8 Å². The van der Waals surface area contributed by atoms with E-state index in [0.29, 0.717) is 6.54 Å². The molecule has 0 bridgehead atoms. The smallest absolute Gasteiger partial charge is 0.146 e. The van der Waals surface area contributed by atoms with E-state index in [1.807, 2.05) is 22.8 Å². The SMILES string of the molecule is COc1ccc(OC)c(CCn2cnnc2CN)c1. The van der Waals surface area contributed by atoms with Gasteiger partial charge in [0, 0.05) is 6.54 Å². The van der Waals surface area contributed by atoms with E-state index in [2.05, 4.69) is 10.2 Å². The van der Waals surface area contributed by atoms with Gasteiger partial charge >= 0.3 is 0 Å². The van der Waals surface area contributed by atoms with Crippen LogP contribution < -0.4 is 15.2 Å². The number of benzene rings is 1. The van der Waals surface area contributed by atoms with E-state index in [1.165, 1.54) is 0 Å². The van der Waals surface area contributed by atoms with Gasteiger partial charge in [-0.05, 0) is 30.2 Å². The Morgan fingerprint density at radius 3 is 2.79 bits per heavy atom. The molecule has 0 aliphatic carbocycles. The predicted molar refractivity (Wildman–Crippen MR) is 71.2 cm³/mol. The highest BCUT2D eigenvalue weighted by molar-refractivity contribution is 5.40. The second-order valence-corrected chi connectivity index (χ2v) is 4.07. The van der Waals surface area contributed by atoms with Gasteiger partial charge in [-0.1, -0.05) is 0 Å². The van der Waals surface area contributed by atoms with Crippen molar-refractivity contribution in [3.63, 3.8) is 0 Å². The zero-order valence-electron chi connectivity index (χ0n) is 11.2. The minimum absolute atomic E-state index is 0.384. The van der Waals surface area contributed by atoms with Crippen molar-refractivity contribution in [2.24, 2.45) is 5.73 Å². The van der Waals surface area contributed by atoms with Gasteiger partial charge in [0.25, 0.3) is 0 Å². The first-order chi connectivity index (χ1) is 9.28. The van der Waals surface area contributed by atoms with Gasteiger partial charge in [0.15, 0.2) is 0 Å². The van der Waals surface area contributed by atoms with Crippen molar-refractivity contribution in [2.45, 2.75) is 19.5 Å². The molecule has 0 fully saturated rings. The second-order valence-electron chi connectivity index (χ2n) is 4.07. The molecule has 0 aliphatic rings. The van der Waals surface area contributed by atoms with Crippen LogP contribution in [0.4, 0.5) is 0 Å².